The molecule has 1 heteroatoms. The first-order valence-electron chi connectivity index (χ1n) is 5.17. The van der Waals surface area contributed by atoms with Gasteiger partial charge in [-0.2, -0.15) is 0 Å². The lowest BCUT2D eigenvalue weighted by atomic mass is 9.65. The highest BCUT2D eigenvalue weighted by atomic mass is 16.1. The molecule has 0 N–H and O–H groups in total. The molecule has 12 heavy (non-hydrogen) atoms. The Morgan fingerprint density at radius 3 is 2.83 bits per heavy atom. The Morgan fingerprint density at radius 2 is 2.17 bits per heavy atom. The van der Waals surface area contributed by atoms with Gasteiger partial charge in [-0.1, -0.05) is 13.8 Å². The van der Waals surface area contributed by atoms with Crippen LogP contribution < -0.4 is 0 Å². The minimum Gasteiger partial charge on any atom is -0.299 e. The second kappa shape index (κ2) is 2.58. The molecule has 0 spiro atoms. The molecule has 3 unspecified atom stereocenters. The Morgan fingerprint density at radius 1 is 1.42 bits per heavy atom. The van der Waals surface area contributed by atoms with Crippen LogP contribution in [0.15, 0.2) is 0 Å². The Hall–Kier alpha value is -0.330. The van der Waals surface area contributed by atoms with Crippen LogP contribution in [0.3, 0.4) is 0 Å². The fraction of sp³-hybridized carbons (Fsp3) is 0.909. The second-order valence-electron chi connectivity index (χ2n) is 4.86. The molecule has 2 fully saturated rings. The van der Waals surface area contributed by atoms with Gasteiger partial charge in [0.05, 0.1) is 0 Å². The van der Waals surface area contributed by atoms with Crippen molar-refractivity contribution >= 4 is 5.78 Å². The third kappa shape index (κ3) is 0.949. The fourth-order valence-corrected chi connectivity index (χ4v) is 3.19. The van der Waals surface area contributed by atoms with E-state index in [2.05, 4.69) is 13.8 Å². The predicted octanol–water partition coefficient (Wildman–Crippen LogP) is 2.79. The molecule has 2 rings (SSSR count). The summed E-state index contributed by atoms with van der Waals surface area (Å²) in [7, 11) is 0. The lowest BCUT2D eigenvalue weighted by Gasteiger charge is -2.38. The van der Waals surface area contributed by atoms with Crippen molar-refractivity contribution in [3.05, 3.63) is 0 Å². The topological polar surface area (TPSA) is 17.1 Å². The first-order valence-corrected chi connectivity index (χ1v) is 5.17. The van der Waals surface area contributed by atoms with Gasteiger partial charge in [-0.25, -0.2) is 0 Å². The summed E-state index contributed by atoms with van der Waals surface area (Å²) in [5, 5.41) is 0. The maximum atomic E-state index is 11.6. The Kier molecular flexibility index (Phi) is 1.78. The molecular formula is C11H18O. The minimum absolute atomic E-state index is 0.370. The van der Waals surface area contributed by atoms with Crippen molar-refractivity contribution in [1.82, 2.24) is 0 Å². The van der Waals surface area contributed by atoms with Gasteiger partial charge in [-0.05, 0) is 37.0 Å². The molecule has 0 aromatic rings. The third-order valence-electron chi connectivity index (χ3n) is 4.34. The molecule has 2 aliphatic carbocycles. The maximum absolute atomic E-state index is 11.6. The lowest BCUT2D eigenvalue weighted by Crippen LogP contribution is -2.36. The zero-order valence-corrected chi connectivity index (χ0v) is 8.10. The van der Waals surface area contributed by atoms with Crippen LogP contribution in [-0.2, 0) is 4.79 Å². The van der Waals surface area contributed by atoms with E-state index in [1.54, 1.807) is 0 Å². The summed E-state index contributed by atoms with van der Waals surface area (Å²) in [6.07, 6.45) is 5.71. The summed E-state index contributed by atoms with van der Waals surface area (Å²) in [5.74, 6) is 1.74. The van der Waals surface area contributed by atoms with E-state index < -0.39 is 0 Å². The Labute approximate surface area is 74.5 Å². The SMILES string of the molecule is CC1CCC2C(=O)CCCC12C. The third-order valence-corrected chi connectivity index (χ3v) is 4.34. The van der Waals surface area contributed by atoms with E-state index in [9.17, 15) is 4.79 Å². The Bertz CT molecular complexity index is 209. The van der Waals surface area contributed by atoms with Crippen molar-refractivity contribution in [1.29, 1.82) is 0 Å². The molecule has 0 aromatic carbocycles. The van der Waals surface area contributed by atoms with Crippen LogP contribution in [0.1, 0.15) is 46.0 Å². The highest BCUT2D eigenvalue weighted by Gasteiger charge is 2.48. The van der Waals surface area contributed by atoms with Crippen LogP contribution in [0.5, 0.6) is 0 Å². The van der Waals surface area contributed by atoms with Gasteiger partial charge in [0.15, 0.2) is 0 Å². The first kappa shape index (κ1) is 8.28. The molecule has 0 saturated heterocycles. The molecule has 0 amide bonds. The van der Waals surface area contributed by atoms with Crippen LogP contribution in [0, 0.1) is 17.3 Å². The summed E-state index contributed by atoms with van der Waals surface area (Å²) in [6, 6.07) is 0. The van der Waals surface area contributed by atoms with Gasteiger partial charge in [0.1, 0.15) is 5.78 Å². The molecule has 0 heterocycles. The number of rotatable bonds is 0. The zero-order valence-electron chi connectivity index (χ0n) is 8.10. The average molecular weight is 166 g/mol. The number of hydrogen-bond donors (Lipinski definition) is 0. The molecule has 0 aromatic heterocycles. The molecule has 2 saturated carbocycles. The van der Waals surface area contributed by atoms with E-state index in [4.69, 9.17) is 0 Å². The van der Waals surface area contributed by atoms with Crippen molar-refractivity contribution in [2.24, 2.45) is 17.3 Å². The molecule has 3 atom stereocenters. The number of fused-ring (bicyclic) bond motifs is 1. The van der Waals surface area contributed by atoms with Crippen molar-refractivity contribution in [3.8, 4) is 0 Å². The molecule has 2 aliphatic rings. The van der Waals surface area contributed by atoms with Crippen LogP contribution >= 0.6 is 0 Å². The minimum atomic E-state index is 0.370. The first-order chi connectivity index (χ1) is 5.64. The highest BCUT2D eigenvalue weighted by Crippen LogP contribution is 2.53. The smallest absolute Gasteiger partial charge is 0.136 e. The maximum Gasteiger partial charge on any atom is 0.136 e. The van der Waals surface area contributed by atoms with Gasteiger partial charge in [-0.15, -0.1) is 0 Å². The highest BCUT2D eigenvalue weighted by molar-refractivity contribution is 5.83. The van der Waals surface area contributed by atoms with Crippen LogP contribution in [0.25, 0.3) is 0 Å². The Balaban J connectivity index is 2.26. The quantitative estimate of drug-likeness (QED) is 0.541. The predicted molar refractivity (Wildman–Crippen MR) is 48.9 cm³/mol. The average Bonchev–Trinajstić information content (AvgIpc) is 2.30. The van der Waals surface area contributed by atoms with E-state index in [0.29, 0.717) is 17.1 Å². The number of carbonyl (C=O) groups is 1. The molecule has 0 aliphatic heterocycles. The van der Waals surface area contributed by atoms with E-state index in [-0.39, 0.29) is 0 Å². The van der Waals surface area contributed by atoms with Crippen molar-refractivity contribution in [3.63, 3.8) is 0 Å². The molecule has 1 nitrogen and oxygen atoms in total. The summed E-state index contributed by atoms with van der Waals surface area (Å²) >= 11 is 0. The van der Waals surface area contributed by atoms with Gasteiger partial charge in [0.25, 0.3) is 0 Å². The molecule has 0 bridgehead atoms. The van der Waals surface area contributed by atoms with E-state index in [1.807, 2.05) is 0 Å². The lowest BCUT2D eigenvalue weighted by molar-refractivity contribution is -0.129. The summed E-state index contributed by atoms with van der Waals surface area (Å²) < 4.78 is 0. The molecule has 68 valence electrons. The van der Waals surface area contributed by atoms with Crippen LogP contribution in [0.4, 0.5) is 0 Å². The van der Waals surface area contributed by atoms with E-state index >= 15 is 0 Å². The van der Waals surface area contributed by atoms with Crippen LogP contribution in [-0.4, -0.2) is 5.78 Å². The standard InChI is InChI=1S/C11H18O/c1-8-5-6-9-10(12)4-3-7-11(8,9)2/h8-9H,3-7H2,1-2H3. The number of hydrogen-bond acceptors (Lipinski definition) is 1. The fourth-order valence-electron chi connectivity index (χ4n) is 3.19. The summed E-state index contributed by atoms with van der Waals surface area (Å²) in [6.45, 7) is 4.64. The van der Waals surface area contributed by atoms with Crippen molar-refractivity contribution in [2.45, 2.75) is 46.0 Å². The molecular weight excluding hydrogens is 148 g/mol. The summed E-state index contributed by atoms with van der Waals surface area (Å²) in [5.41, 5.74) is 0.370. The molecule has 0 radical (unpaired) electrons. The summed E-state index contributed by atoms with van der Waals surface area (Å²) in [4.78, 5) is 11.6. The van der Waals surface area contributed by atoms with Crippen LogP contribution in [0.2, 0.25) is 0 Å². The van der Waals surface area contributed by atoms with Gasteiger partial charge >= 0.3 is 0 Å². The zero-order chi connectivity index (χ0) is 8.77. The normalized spacial score (nSPS) is 47.7. The van der Waals surface area contributed by atoms with Gasteiger partial charge in [-0.3, -0.25) is 4.79 Å². The van der Waals surface area contributed by atoms with Crippen molar-refractivity contribution < 1.29 is 4.79 Å². The monoisotopic (exact) mass is 166 g/mol. The van der Waals surface area contributed by atoms with Gasteiger partial charge < -0.3 is 0 Å². The van der Waals surface area contributed by atoms with E-state index in [1.165, 1.54) is 12.8 Å². The number of ketones is 1. The van der Waals surface area contributed by atoms with Gasteiger partial charge in [0.2, 0.25) is 0 Å². The second-order valence-corrected chi connectivity index (χ2v) is 4.86. The van der Waals surface area contributed by atoms with E-state index in [0.717, 1.165) is 25.2 Å². The van der Waals surface area contributed by atoms with Crippen molar-refractivity contribution in [2.75, 3.05) is 0 Å². The van der Waals surface area contributed by atoms with Gasteiger partial charge in [0, 0.05) is 12.3 Å². The number of carbonyl (C=O) groups excluding carboxylic acids is 1. The number of Topliss-reactive ketones (excluding diaryl/α,β-unsaturated/α-hetero) is 1. The largest absolute Gasteiger partial charge is 0.299 e.